The summed E-state index contributed by atoms with van der Waals surface area (Å²) in [6, 6.07) is 22.9. The molecular weight excluding hydrogens is 408 g/mol. The molecule has 0 unspecified atom stereocenters. The van der Waals surface area contributed by atoms with Crippen LogP contribution in [0.1, 0.15) is 32.6 Å². The number of hydrogen-bond donors (Lipinski definition) is 0. The molecule has 0 aromatic heterocycles. The van der Waals surface area contributed by atoms with Crippen molar-refractivity contribution < 1.29 is 13.2 Å². The third-order valence-electron chi connectivity index (χ3n) is 5.63. The highest BCUT2D eigenvalue weighted by molar-refractivity contribution is 7.92. The number of carbonyl (C=O) groups excluding carboxylic acids is 1. The second-order valence-corrected chi connectivity index (χ2v) is 9.96. The summed E-state index contributed by atoms with van der Waals surface area (Å²) in [4.78, 5) is 14.8. The van der Waals surface area contributed by atoms with E-state index >= 15 is 0 Å². The predicted molar refractivity (Wildman–Crippen MR) is 124 cm³/mol. The van der Waals surface area contributed by atoms with Crippen molar-refractivity contribution >= 4 is 21.6 Å². The number of carbonyl (C=O) groups is 1. The van der Waals surface area contributed by atoms with E-state index in [1.165, 1.54) is 21.7 Å². The first-order valence-corrected chi connectivity index (χ1v) is 12.2. The number of amides is 1. The van der Waals surface area contributed by atoms with Crippen molar-refractivity contribution in [3.05, 3.63) is 101 Å². The lowest BCUT2D eigenvalue weighted by Crippen LogP contribution is -2.35. The Balaban J connectivity index is 1.50. The molecule has 160 valence electrons. The molecule has 5 nitrogen and oxygen atoms in total. The lowest BCUT2D eigenvalue weighted by atomic mass is 9.99. The van der Waals surface area contributed by atoms with E-state index in [4.69, 9.17) is 0 Å². The van der Waals surface area contributed by atoms with Crippen LogP contribution >= 0.6 is 0 Å². The summed E-state index contributed by atoms with van der Waals surface area (Å²) >= 11 is 0. The second-order valence-electron chi connectivity index (χ2n) is 8.05. The van der Waals surface area contributed by atoms with Crippen molar-refractivity contribution in [1.29, 1.82) is 0 Å². The van der Waals surface area contributed by atoms with Crippen LogP contribution in [0.5, 0.6) is 0 Å². The fourth-order valence-corrected chi connectivity index (χ4v) is 4.83. The van der Waals surface area contributed by atoms with Gasteiger partial charge in [-0.1, -0.05) is 48.5 Å². The third kappa shape index (κ3) is 4.80. The molecule has 0 aliphatic carbocycles. The zero-order valence-corrected chi connectivity index (χ0v) is 18.6. The lowest BCUT2D eigenvalue weighted by Gasteiger charge is -2.29. The molecule has 0 radical (unpaired) electrons. The number of hydrogen-bond acceptors (Lipinski definition) is 3. The van der Waals surface area contributed by atoms with Gasteiger partial charge in [0.1, 0.15) is 0 Å². The molecule has 0 spiro atoms. The number of benzene rings is 3. The van der Waals surface area contributed by atoms with E-state index in [2.05, 4.69) is 12.1 Å². The van der Waals surface area contributed by atoms with Crippen molar-refractivity contribution in [1.82, 2.24) is 4.90 Å². The maximum atomic E-state index is 13.0. The standard InChI is InChI=1S/C25H26N2O3S/c1-19-6-5-9-24(16-19)27(31(2,29)30)17-20-10-12-22(13-11-20)25(28)26-15-14-21-7-3-4-8-23(21)18-26/h3-13,16H,14-15,17-18H2,1-2H3. The van der Waals surface area contributed by atoms with Gasteiger partial charge in [0.15, 0.2) is 0 Å². The van der Waals surface area contributed by atoms with Gasteiger partial charge in [0.05, 0.1) is 18.5 Å². The smallest absolute Gasteiger partial charge is 0.254 e. The van der Waals surface area contributed by atoms with Gasteiger partial charge in [0.25, 0.3) is 5.91 Å². The van der Waals surface area contributed by atoms with Crippen LogP contribution in [0.3, 0.4) is 0 Å². The average Bonchev–Trinajstić information content (AvgIpc) is 2.76. The SMILES string of the molecule is Cc1cccc(N(Cc2ccc(C(=O)N3CCc4ccccc4C3)cc2)S(C)(=O)=O)c1. The summed E-state index contributed by atoms with van der Waals surface area (Å²) in [6.45, 7) is 3.47. The van der Waals surface area contributed by atoms with E-state index in [1.54, 1.807) is 18.2 Å². The summed E-state index contributed by atoms with van der Waals surface area (Å²) in [7, 11) is -3.45. The molecule has 6 heteroatoms. The highest BCUT2D eigenvalue weighted by Crippen LogP contribution is 2.23. The highest BCUT2D eigenvalue weighted by Gasteiger charge is 2.22. The summed E-state index contributed by atoms with van der Waals surface area (Å²) in [5.41, 5.74) is 5.57. The second kappa shape index (κ2) is 8.55. The van der Waals surface area contributed by atoms with Crippen molar-refractivity contribution in [2.24, 2.45) is 0 Å². The number of rotatable bonds is 5. The summed E-state index contributed by atoms with van der Waals surface area (Å²) in [6.07, 6.45) is 2.07. The van der Waals surface area contributed by atoms with Crippen LogP contribution in [0.15, 0.2) is 72.8 Å². The Morgan fingerprint density at radius 1 is 0.968 bits per heavy atom. The Labute approximate surface area is 184 Å². The zero-order valence-electron chi connectivity index (χ0n) is 17.8. The molecule has 0 atom stereocenters. The lowest BCUT2D eigenvalue weighted by molar-refractivity contribution is 0.0734. The Kier molecular flexibility index (Phi) is 5.83. The average molecular weight is 435 g/mol. The molecule has 0 saturated carbocycles. The monoisotopic (exact) mass is 434 g/mol. The number of aryl methyl sites for hydroxylation is 1. The van der Waals surface area contributed by atoms with Crippen molar-refractivity contribution in [2.75, 3.05) is 17.1 Å². The molecule has 0 bridgehead atoms. The topological polar surface area (TPSA) is 57.7 Å². The zero-order chi connectivity index (χ0) is 22.0. The third-order valence-corrected chi connectivity index (χ3v) is 6.78. The van der Waals surface area contributed by atoms with Gasteiger partial charge in [0.2, 0.25) is 10.0 Å². The minimum atomic E-state index is -3.45. The van der Waals surface area contributed by atoms with E-state index in [9.17, 15) is 13.2 Å². The molecule has 0 saturated heterocycles. The van der Waals surface area contributed by atoms with Gasteiger partial charge in [-0.2, -0.15) is 0 Å². The van der Waals surface area contributed by atoms with Crippen LogP contribution in [0.25, 0.3) is 0 Å². The molecule has 3 aromatic rings. The molecule has 1 amide bonds. The Morgan fingerprint density at radius 2 is 1.68 bits per heavy atom. The van der Waals surface area contributed by atoms with Gasteiger partial charge in [-0.15, -0.1) is 0 Å². The van der Waals surface area contributed by atoms with Crippen molar-refractivity contribution in [2.45, 2.75) is 26.4 Å². The predicted octanol–water partition coefficient (Wildman–Crippen LogP) is 4.16. The van der Waals surface area contributed by atoms with Crippen LogP contribution in [0.2, 0.25) is 0 Å². The summed E-state index contributed by atoms with van der Waals surface area (Å²) < 4.78 is 26.2. The fourth-order valence-electron chi connectivity index (χ4n) is 3.95. The molecule has 4 rings (SSSR count). The molecule has 1 aliphatic heterocycles. The first-order chi connectivity index (χ1) is 14.8. The van der Waals surface area contributed by atoms with Gasteiger partial charge >= 0.3 is 0 Å². The largest absolute Gasteiger partial charge is 0.334 e. The molecule has 0 fully saturated rings. The Hall–Kier alpha value is -3.12. The van der Waals surface area contributed by atoms with E-state index in [1.807, 2.05) is 54.3 Å². The Bertz CT molecular complexity index is 1200. The quantitative estimate of drug-likeness (QED) is 0.606. The highest BCUT2D eigenvalue weighted by atomic mass is 32.2. The van der Waals surface area contributed by atoms with Crippen LogP contribution in [0, 0.1) is 6.92 Å². The van der Waals surface area contributed by atoms with E-state index < -0.39 is 10.0 Å². The first-order valence-electron chi connectivity index (χ1n) is 10.3. The van der Waals surface area contributed by atoms with Crippen molar-refractivity contribution in [3.63, 3.8) is 0 Å². The van der Waals surface area contributed by atoms with Crippen LogP contribution in [-0.2, 0) is 29.5 Å². The fraction of sp³-hybridized carbons (Fsp3) is 0.240. The maximum absolute atomic E-state index is 13.0. The molecule has 1 aliphatic rings. The minimum absolute atomic E-state index is 0.000272. The van der Waals surface area contributed by atoms with Crippen LogP contribution < -0.4 is 4.31 Å². The molecule has 31 heavy (non-hydrogen) atoms. The van der Waals surface area contributed by atoms with E-state index in [0.29, 0.717) is 24.3 Å². The van der Waals surface area contributed by atoms with E-state index in [-0.39, 0.29) is 12.5 Å². The van der Waals surface area contributed by atoms with Crippen LogP contribution in [0.4, 0.5) is 5.69 Å². The minimum Gasteiger partial charge on any atom is -0.334 e. The number of fused-ring (bicyclic) bond motifs is 1. The summed E-state index contributed by atoms with van der Waals surface area (Å²) in [5, 5.41) is 0. The molecule has 3 aromatic carbocycles. The maximum Gasteiger partial charge on any atom is 0.254 e. The van der Waals surface area contributed by atoms with Crippen molar-refractivity contribution in [3.8, 4) is 0 Å². The van der Waals surface area contributed by atoms with Gasteiger partial charge in [-0.25, -0.2) is 8.42 Å². The van der Waals surface area contributed by atoms with E-state index in [0.717, 1.165) is 17.5 Å². The number of sulfonamides is 1. The Morgan fingerprint density at radius 3 is 2.35 bits per heavy atom. The van der Waals surface area contributed by atoms with Gasteiger partial charge in [0, 0.05) is 18.7 Å². The first kappa shape index (κ1) is 21.1. The molecular formula is C25H26N2O3S. The number of nitrogens with zero attached hydrogens (tertiary/aromatic N) is 2. The molecule has 0 N–H and O–H groups in total. The summed E-state index contributed by atoms with van der Waals surface area (Å²) in [5.74, 6) is -0.000272. The molecule has 1 heterocycles. The number of anilines is 1. The van der Waals surface area contributed by atoms with Gasteiger partial charge < -0.3 is 4.90 Å². The van der Waals surface area contributed by atoms with Crippen LogP contribution in [-0.4, -0.2) is 32.0 Å². The van der Waals surface area contributed by atoms with Gasteiger partial charge in [-0.3, -0.25) is 9.10 Å². The normalized spacial score (nSPS) is 13.5. The van der Waals surface area contributed by atoms with Gasteiger partial charge in [-0.05, 0) is 59.9 Å².